The molecule has 0 aromatic heterocycles. The number of allylic oxidation sites excluding steroid dienone is 1. The fourth-order valence-electron chi connectivity index (χ4n) is 2.51. The molecule has 144 valence electrons. The van der Waals surface area contributed by atoms with Gasteiger partial charge in [0.25, 0.3) is 5.91 Å². The molecular formula is C21H25NO5. The maximum absolute atomic E-state index is 12.1. The van der Waals surface area contributed by atoms with Gasteiger partial charge >= 0.3 is 0 Å². The standard InChI is InChI=1S/C21H25NO5/c1-5-6-15-7-10-18(20(11-15)26-4)27-14-21(23)22-13-16-8-9-17(24-2)19(12-16)25-3/h5,7-12H,1,6,13-14H2,2-4H3,(H,22,23). The summed E-state index contributed by atoms with van der Waals surface area (Å²) in [5.74, 6) is 2.13. The van der Waals surface area contributed by atoms with Crippen molar-refractivity contribution in [3.63, 3.8) is 0 Å². The van der Waals surface area contributed by atoms with Crippen LogP contribution in [0, 0.1) is 0 Å². The maximum Gasteiger partial charge on any atom is 0.258 e. The normalized spacial score (nSPS) is 10.0. The molecule has 0 radical (unpaired) electrons. The Morgan fingerprint density at radius 2 is 1.52 bits per heavy atom. The minimum Gasteiger partial charge on any atom is -0.493 e. The number of hydrogen-bond acceptors (Lipinski definition) is 5. The zero-order chi connectivity index (χ0) is 19.6. The van der Waals surface area contributed by atoms with Crippen LogP contribution in [0.2, 0.25) is 0 Å². The highest BCUT2D eigenvalue weighted by atomic mass is 16.5. The van der Waals surface area contributed by atoms with Crippen LogP contribution in [-0.2, 0) is 17.8 Å². The number of carbonyl (C=O) groups excluding carboxylic acids is 1. The molecule has 0 aliphatic heterocycles. The molecule has 0 aliphatic carbocycles. The average Bonchev–Trinajstić information content (AvgIpc) is 2.71. The Labute approximate surface area is 159 Å². The Hall–Kier alpha value is -3.15. The van der Waals surface area contributed by atoms with Crippen molar-refractivity contribution in [2.24, 2.45) is 0 Å². The van der Waals surface area contributed by atoms with Crippen LogP contribution in [0.15, 0.2) is 49.1 Å². The number of carbonyl (C=O) groups is 1. The van der Waals surface area contributed by atoms with Crippen molar-refractivity contribution >= 4 is 5.91 Å². The maximum atomic E-state index is 12.1. The minimum atomic E-state index is -0.234. The van der Waals surface area contributed by atoms with Crippen molar-refractivity contribution in [3.05, 3.63) is 60.2 Å². The summed E-state index contributed by atoms with van der Waals surface area (Å²) in [6.07, 6.45) is 2.55. The SMILES string of the molecule is C=CCc1ccc(OCC(=O)NCc2ccc(OC)c(OC)c2)c(OC)c1. The van der Waals surface area contributed by atoms with E-state index in [4.69, 9.17) is 18.9 Å². The summed E-state index contributed by atoms with van der Waals surface area (Å²) in [5.41, 5.74) is 1.96. The van der Waals surface area contributed by atoms with Crippen molar-refractivity contribution < 1.29 is 23.7 Å². The lowest BCUT2D eigenvalue weighted by molar-refractivity contribution is -0.123. The Bertz CT molecular complexity index is 788. The van der Waals surface area contributed by atoms with Gasteiger partial charge in [0.15, 0.2) is 29.6 Å². The quantitative estimate of drug-likeness (QED) is 0.650. The minimum absolute atomic E-state index is 0.107. The van der Waals surface area contributed by atoms with E-state index in [-0.39, 0.29) is 12.5 Å². The van der Waals surface area contributed by atoms with Gasteiger partial charge in [0.2, 0.25) is 0 Å². The molecule has 2 aromatic carbocycles. The summed E-state index contributed by atoms with van der Waals surface area (Å²) in [6, 6.07) is 11.1. The summed E-state index contributed by atoms with van der Waals surface area (Å²) < 4.78 is 21.4. The van der Waals surface area contributed by atoms with Crippen molar-refractivity contribution in [1.29, 1.82) is 0 Å². The van der Waals surface area contributed by atoms with Crippen LogP contribution < -0.4 is 24.3 Å². The third kappa shape index (κ3) is 5.67. The molecule has 0 fully saturated rings. The monoisotopic (exact) mass is 371 g/mol. The third-order valence-electron chi connectivity index (χ3n) is 3.90. The topological polar surface area (TPSA) is 66.0 Å². The van der Waals surface area contributed by atoms with Gasteiger partial charge in [-0.25, -0.2) is 0 Å². The van der Waals surface area contributed by atoms with Gasteiger partial charge in [-0.05, 0) is 41.8 Å². The highest BCUT2D eigenvalue weighted by Crippen LogP contribution is 2.29. The number of ether oxygens (including phenoxy) is 4. The van der Waals surface area contributed by atoms with Gasteiger partial charge in [0, 0.05) is 6.54 Å². The van der Waals surface area contributed by atoms with Crippen molar-refractivity contribution in [3.8, 4) is 23.0 Å². The van der Waals surface area contributed by atoms with E-state index in [1.54, 1.807) is 33.5 Å². The molecule has 1 amide bonds. The predicted molar refractivity (Wildman–Crippen MR) is 104 cm³/mol. The van der Waals surface area contributed by atoms with E-state index in [1.165, 1.54) is 0 Å². The van der Waals surface area contributed by atoms with E-state index < -0.39 is 0 Å². The second-order valence-electron chi connectivity index (χ2n) is 5.73. The van der Waals surface area contributed by atoms with Gasteiger partial charge in [-0.2, -0.15) is 0 Å². The van der Waals surface area contributed by atoms with Crippen LogP contribution >= 0.6 is 0 Å². The summed E-state index contributed by atoms with van der Waals surface area (Å²) in [6.45, 7) is 3.97. The van der Waals surface area contributed by atoms with Gasteiger partial charge in [0.05, 0.1) is 21.3 Å². The number of methoxy groups -OCH3 is 3. The van der Waals surface area contributed by atoms with Gasteiger partial charge in [0.1, 0.15) is 0 Å². The van der Waals surface area contributed by atoms with E-state index >= 15 is 0 Å². The number of nitrogens with one attached hydrogen (secondary N) is 1. The van der Waals surface area contributed by atoms with Crippen molar-refractivity contribution in [2.45, 2.75) is 13.0 Å². The van der Waals surface area contributed by atoms with Crippen molar-refractivity contribution in [1.82, 2.24) is 5.32 Å². The Morgan fingerprint density at radius 1 is 0.926 bits per heavy atom. The van der Waals surface area contributed by atoms with Crippen molar-refractivity contribution in [2.75, 3.05) is 27.9 Å². The molecule has 0 saturated heterocycles. The highest BCUT2D eigenvalue weighted by Gasteiger charge is 2.09. The first kappa shape index (κ1) is 20.2. The lowest BCUT2D eigenvalue weighted by atomic mass is 10.1. The van der Waals surface area contributed by atoms with E-state index in [0.29, 0.717) is 29.5 Å². The molecule has 27 heavy (non-hydrogen) atoms. The number of benzene rings is 2. The predicted octanol–water partition coefficient (Wildman–Crippen LogP) is 3.14. The molecule has 2 rings (SSSR count). The van der Waals surface area contributed by atoms with E-state index in [2.05, 4.69) is 11.9 Å². The number of amides is 1. The number of rotatable bonds is 10. The molecule has 0 unspecified atom stereocenters. The Balaban J connectivity index is 1.90. The lowest BCUT2D eigenvalue weighted by Crippen LogP contribution is -2.28. The fourth-order valence-corrected chi connectivity index (χ4v) is 2.51. The largest absolute Gasteiger partial charge is 0.493 e. The Morgan fingerprint density at radius 3 is 2.19 bits per heavy atom. The van der Waals surface area contributed by atoms with Gasteiger partial charge < -0.3 is 24.3 Å². The lowest BCUT2D eigenvalue weighted by Gasteiger charge is -2.13. The molecular weight excluding hydrogens is 346 g/mol. The van der Waals surface area contributed by atoms with Crippen LogP contribution in [0.25, 0.3) is 0 Å². The van der Waals surface area contributed by atoms with Crippen LogP contribution in [0.4, 0.5) is 0 Å². The number of hydrogen-bond donors (Lipinski definition) is 1. The molecule has 1 N–H and O–H groups in total. The van der Waals surface area contributed by atoms with E-state index in [9.17, 15) is 4.79 Å². The first-order valence-electron chi connectivity index (χ1n) is 8.49. The first-order valence-corrected chi connectivity index (χ1v) is 8.49. The van der Waals surface area contributed by atoms with Gasteiger partial charge in [-0.15, -0.1) is 6.58 Å². The molecule has 0 spiro atoms. The third-order valence-corrected chi connectivity index (χ3v) is 3.90. The molecule has 0 atom stereocenters. The van der Waals surface area contributed by atoms with E-state index in [0.717, 1.165) is 17.5 Å². The summed E-state index contributed by atoms with van der Waals surface area (Å²) in [4.78, 5) is 12.1. The smallest absolute Gasteiger partial charge is 0.258 e. The highest BCUT2D eigenvalue weighted by molar-refractivity contribution is 5.77. The zero-order valence-electron chi connectivity index (χ0n) is 15.9. The molecule has 2 aromatic rings. The fraction of sp³-hybridized carbons (Fsp3) is 0.286. The molecule has 6 heteroatoms. The van der Waals surface area contributed by atoms with Gasteiger partial charge in [-0.1, -0.05) is 18.2 Å². The molecule has 0 saturated carbocycles. The van der Waals surface area contributed by atoms with Crippen LogP contribution in [-0.4, -0.2) is 33.8 Å². The second-order valence-corrected chi connectivity index (χ2v) is 5.73. The summed E-state index contributed by atoms with van der Waals surface area (Å²) >= 11 is 0. The van der Waals surface area contributed by atoms with Crippen LogP contribution in [0.3, 0.4) is 0 Å². The molecule has 0 heterocycles. The first-order chi connectivity index (χ1) is 13.1. The molecule has 0 aliphatic rings. The summed E-state index contributed by atoms with van der Waals surface area (Å²) in [7, 11) is 4.72. The molecule has 0 bridgehead atoms. The Kier molecular flexibility index (Phi) is 7.55. The zero-order valence-corrected chi connectivity index (χ0v) is 15.9. The van der Waals surface area contributed by atoms with Crippen LogP contribution in [0.1, 0.15) is 11.1 Å². The second kappa shape index (κ2) is 10.1. The van der Waals surface area contributed by atoms with Crippen LogP contribution in [0.5, 0.6) is 23.0 Å². The average molecular weight is 371 g/mol. The summed E-state index contributed by atoms with van der Waals surface area (Å²) in [5, 5.41) is 2.81. The molecule has 6 nitrogen and oxygen atoms in total. The van der Waals surface area contributed by atoms with E-state index in [1.807, 2.05) is 30.3 Å². The van der Waals surface area contributed by atoms with Gasteiger partial charge in [-0.3, -0.25) is 4.79 Å².